The lowest BCUT2D eigenvalue weighted by molar-refractivity contribution is 0.416. The van der Waals surface area contributed by atoms with E-state index in [0.717, 1.165) is 23.2 Å². The Balaban J connectivity index is 0.000000174. The molecule has 5 aromatic rings. The quantitative estimate of drug-likeness (QED) is 0.263. The van der Waals surface area contributed by atoms with E-state index in [9.17, 15) is 4.39 Å². The number of rotatable bonds is 5. The molecule has 0 radical (unpaired) electrons. The number of aromatic nitrogens is 3. The third-order valence-corrected chi connectivity index (χ3v) is 6.02. The lowest BCUT2D eigenvalue weighted by Crippen LogP contribution is -1.99. The Labute approximate surface area is 212 Å². The van der Waals surface area contributed by atoms with Crippen LogP contribution >= 0.6 is 0 Å². The molecule has 0 saturated heterocycles. The second-order valence-corrected chi connectivity index (χ2v) is 8.77. The van der Waals surface area contributed by atoms with Gasteiger partial charge in [-0.2, -0.15) is 5.10 Å². The van der Waals surface area contributed by atoms with Gasteiger partial charge in [0, 0.05) is 29.7 Å². The van der Waals surface area contributed by atoms with E-state index in [1.54, 1.807) is 31.6 Å². The predicted molar refractivity (Wildman–Crippen MR) is 144 cm³/mol. The fourth-order valence-electron chi connectivity index (χ4n) is 4.05. The van der Waals surface area contributed by atoms with Gasteiger partial charge < -0.3 is 4.74 Å². The van der Waals surface area contributed by atoms with E-state index in [0.29, 0.717) is 5.75 Å². The molecule has 0 unspecified atom stereocenters. The van der Waals surface area contributed by atoms with Crippen LogP contribution in [0.25, 0.3) is 22.3 Å². The van der Waals surface area contributed by atoms with Crippen LogP contribution in [0.1, 0.15) is 22.3 Å². The third-order valence-electron chi connectivity index (χ3n) is 6.02. The summed E-state index contributed by atoms with van der Waals surface area (Å²) >= 11 is 0. The van der Waals surface area contributed by atoms with Crippen molar-refractivity contribution in [3.05, 3.63) is 126 Å². The summed E-state index contributed by atoms with van der Waals surface area (Å²) < 4.78 is 20.4. The molecule has 0 fully saturated rings. The van der Waals surface area contributed by atoms with E-state index in [4.69, 9.17) is 4.74 Å². The normalized spacial score (nSPS) is 10.5. The Morgan fingerprint density at radius 3 is 2.33 bits per heavy atom. The molecule has 0 aliphatic carbocycles. The van der Waals surface area contributed by atoms with Gasteiger partial charge in [-0.05, 0) is 66.8 Å². The monoisotopic (exact) mass is 479 g/mol. The molecule has 0 bridgehead atoms. The summed E-state index contributed by atoms with van der Waals surface area (Å²) in [6, 6.07) is 23.4. The average molecular weight is 480 g/mol. The zero-order chi connectivity index (χ0) is 25.5. The fraction of sp³-hybridized carbons (Fsp3) is 0.161. The van der Waals surface area contributed by atoms with E-state index >= 15 is 0 Å². The van der Waals surface area contributed by atoms with Gasteiger partial charge in [0.1, 0.15) is 11.6 Å². The van der Waals surface area contributed by atoms with Crippen molar-refractivity contribution in [3.63, 3.8) is 0 Å². The van der Waals surface area contributed by atoms with Crippen LogP contribution in [0.5, 0.6) is 5.75 Å². The number of aryl methyl sites for hydroxylation is 3. The van der Waals surface area contributed by atoms with Crippen LogP contribution in [0.15, 0.2) is 97.6 Å². The van der Waals surface area contributed by atoms with Crippen molar-refractivity contribution < 1.29 is 9.13 Å². The molecule has 0 N–H and O–H groups in total. The molecule has 0 spiro atoms. The second-order valence-electron chi connectivity index (χ2n) is 8.77. The number of pyridine rings is 1. The molecule has 0 aliphatic heterocycles. The summed E-state index contributed by atoms with van der Waals surface area (Å²) in [5.74, 6) is 0.440. The number of ether oxygens (including phenoxy) is 1. The minimum Gasteiger partial charge on any atom is -0.496 e. The van der Waals surface area contributed by atoms with Crippen molar-refractivity contribution in [2.24, 2.45) is 0 Å². The Bertz CT molecular complexity index is 1440. The Hall–Kier alpha value is -4.25. The molecule has 4 nitrogen and oxygen atoms in total. The Morgan fingerprint density at radius 1 is 0.806 bits per heavy atom. The van der Waals surface area contributed by atoms with Crippen LogP contribution < -0.4 is 4.74 Å². The Kier molecular flexibility index (Phi) is 7.91. The number of halogens is 1. The summed E-state index contributed by atoms with van der Waals surface area (Å²) in [6.07, 6.45) is 7.40. The molecule has 182 valence electrons. The molecular formula is C31H30FN3O. The molecule has 0 atom stereocenters. The molecule has 3 aromatic carbocycles. The molecule has 5 rings (SSSR count). The van der Waals surface area contributed by atoms with Crippen molar-refractivity contribution in [1.29, 1.82) is 0 Å². The van der Waals surface area contributed by atoms with Gasteiger partial charge in [0.25, 0.3) is 0 Å². The van der Waals surface area contributed by atoms with Crippen LogP contribution in [-0.2, 0) is 6.54 Å². The lowest BCUT2D eigenvalue weighted by atomic mass is 10.0. The van der Waals surface area contributed by atoms with Crippen LogP contribution in [0.3, 0.4) is 0 Å². The maximum atomic E-state index is 13.2. The van der Waals surface area contributed by atoms with Crippen LogP contribution in [-0.4, -0.2) is 21.9 Å². The van der Waals surface area contributed by atoms with Gasteiger partial charge in [-0.3, -0.25) is 9.67 Å². The number of benzene rings is 3. The van der Waals surface area contributed by atoms with Gasteiger partial charge in [-0.15, -0.1) is 0 Å². The molecule has 36 heavy (non-hydrogen) atoms. The first-order chi connectivity index (χ1) is 17.4. The van der Waals surface area contributed by atoms with Crippen LogP contribution in [0.4, 0.5) is 4.39 Å². The summed E-state index contributed by atoms with van der Waals surface area (Å²) in [6.45, 7) is 7.01. The van der Waals surface area contributed by atoms with Gasteiger partial charge in [0.05, 0.1) is 19.9 Å². The van der Waals surface area contributed by atoms with E-state index in [1.165, 1.54) is 39.9 Å². The average Bonchev–Trinajstić information content (AvgIpc) is 3.36. The molecule has 5 heteroatoms. The maximum Gasteiger partial charge on any atom is 0.129 e. The first-order valence-corrected chi connectivity index (χ1v) is 11.8. The number of nitrogens with zero attached hydrogens (tertiary/aromatic N) is 3. The standard InChI is InChI=1S/C18H18N2.C13H12FNO/c1-14-8-9-15(2)18(10-14)17-11-19-20(13-17)12-16-6-4-3-5-7-16;1-9-3-4-10(14)7-11(9)12-8-15-6-5-13(12)16-2/h3-11,13H,12H2,1-2H3;3-8H,1-2H3. The zero-order valence-corrected chi connectivity index (χ0v) is 21.1. The first kappa shape index (κ1) is 24.9. The highest BCUT2D eigenvalue weighted by atomic mass is 19.1. The van der Waals surface area contributed by atoms with Gasteiger partial charge in [0.2, 0.25) is 0 Å². The molecule has 2 aromatic heterocycles. The van der Waals surface area contributed by atoms with Crippen LogP contribution in [0.2, 0.25) is 0 Å². The highest BCUT2D eigenvalue weighted by Crippen LogP contribution is 2.31. The minimum absolute atomic E-state index is 0.258. The smallest absolute Gasteiger partial charge is 0.129 e. The minimum atomic E-state index is -0.258. The van der Waals surface area contributed by atoms with E-state index in [2.05, 4.69) is 72.6 Å². The van der Waals surface area contributed by atoms with Crippen molar-refractivity contribution in [3.8, 4) is 28.0 Å². The maximum absolute atomic E-state index is 13.2. The van der Waals surface area contributed by atoms with Crippen molar-refractivity contribution in [1.82, 2.24) is 14.8 Å². The molecule has 2 heterocycles. The molecule has 0 saturated carbocycles. The van der Waals surface area contributed by atoms with Gasteiger partial charge in [-0.25, -0.2) is 4.39 Å². The van der Waals surface area contributed by atoms with Crippen molar-refractivity contribution in [2.75, 3.05) is 7.11 Å². The van der Waals surface area contributed by atoms with Crippen LogP contribution in [0, 0.1) is 26.6 Å². The first-order valence-electron chi connectivity index (χ1n) is 11.8. The van der Waals surface area contributed by atoms with E-state index in [1.807, 2.05) is 23.9 Å². The summed E-state index contributed by atoms with van der Waals surface area (Å²) in [5, 5.41) is 4.48. The predicted octanol–water partition coefficient (Wildman–Crippen LogP) is 7.42. The number of hydrogen-bond acceptors (Lipinski definition) is 3. The second kappa shape index (κ2) is 11.5. The largest absolute Gasteiger partial charge is 0.496 e. The summed E-state index contributed by atoms with van der Waals surface area (Å²) in [5.41, 5.74) is 8.89. The van der Waals surface area contributed by atoms with Gasteiger partial charge in [-0.1, -0.05) is 60.2 Å². The van der Waals surface area contributed by atoms with Gasteiger partial charge in [0.15, 0.2) is 0 Å². The van der Waals surface area contributed by atoms with Crippen molar-refractivity contribution in [2.45, 2.75) is 27.3 Å². The lowest BCUT2D eigenvalue weighted by Gasteiger charge is -2.10. The summed E-state index contributed by atoms with van der Waals surface area (Å²) in [4.78, 5) is 4.04. The topological polar surface area (TPSA) is 39.9 Å². The fourth-order valence-corrected chi connectivity index (χ4v) is 4.05. The van der Waals surface area contributed by atoms with E-state index < -0.39 is 0 Å². The SMILES string of the molecule is COc1ccncc1-c1cc(F)ccc1C.Cc1ccc(C)c(-c2cnn(Cc3ccccc3)c2)c1. The molecule has 0 amide bonds. The third kappa shape index (κ3) is 6.05. The molecule has 0 aliphatic rings. The van der Waals surface area contributed by atoms with Crippen molar-refractivity contribution >= 4 is 0 Å². The van der Waals surface area contributed by atoms with E-state index in [-0.39, 0.29) is 5.82 Å². The number of hydrogen-bond donors (Lipinski definition) is 0. The van der Waals surface area contributed by atoms with Gasteiger partial charge >= 0.3 is 0 Å². The zero-order valence-electron chi connectivity index (χ0n) is 21.1. The number of methoxy groups -OCH3 is 1. The highest BCUT2D eigenvalue weighted by Gasteiger charge is 2.09. The Morgan fingerprint density at radius 2 is 1.56 bits per heavy atom. The highest BCUT2D eigenvalue weighted by molar-refractivity contribution is 5.72. The molecular weight excluding hydrogens is 449 g/mol. The summed E-state index contributed by atoms with van der Waals surface area (Å²) in [7, 11) is 1.59.